The number of carbonyl (C=O) groups excluding carboxylic acids is 1. The van der Waals surface area contributed by atoms with E-state index in [4.69, 9.17) is 0 Å². The van der Waals surface area contributed by atoms with Gasteiger partial charge in [0.1, 0.15) is 0 Å². The third-order valence-electron chi connectivity index (χ3n) is 4.39. The molecular weight excluding hydrogens is 458 g/mol. The summed E-state index contributed by atoms with van der Waals surface area (Å²) in [5, 5.41) is 6.91. The fourth-order valence-corrected chi connectivity index (χ4v) is 4.43. The van der Waals surface area contributed by atoms with Crippen LogP contribution in [0.3, 0.4) is 0 Å². The summed E-state index contributed by atoms with van der Waals surface area (Å²) in [5.41, 5.74) is 1.06. The molecule has 2 aromatic heterocycles. The van der Waals surface area contributed by atoms with Crippen LogP contribution in [0, 0.1) is 0 Å². The summed E-state index contributed by atoms with van der Waals surface area (Å²) in [6.45, 7) is 0.259. The Hall–Kier alpha value is -2.56. The zero-order chi connectivity index (χ0) is 20.4. The van der Waals surface area contributed by atoms with Gasteiger partial charge in [0.05, 0.1) is 10.5 Å². The number of nitrogens with one attached hydrogen (secondary N) is 2. The number of halogens is 1. The van der Waals surface area contributed by atoms with E-state index in [1.165, 1.54) is 12.1 Å². The SMILES string of the molecule is O=C(NCc1ccc(-n2cccn2)nc1)c1cc(S(=O)(=O)NC2CC2)ccc1Br. The molecule has 1 amide bonds. The molecule has 3 aromatic rings. The van der Waals surface area contributed by atoms with Crippen molar-refractivity contribution in [1.29, 1.82) is 0 Å². The standard InChI is InChI=1S/C19H18BrN5O3S/c20-17-6-5-15(29(27,28)24-14-3-4-14)10-16(17)19(26)22-12-13-2-7-18(21-11-13)25-9-1-8-23-25/h1-2,5-11,14,24H,3-4,12H2,(H,22,26). The average Bonchev–Trinajstić information content (AvgIpc) is 3.33. The van der Waals surface area contributed by atoms with E-state index in [1.807, 2.05) is 12.1 Å². The second-order valence-corrected chi connectivity index (χ2v) is 9.26. The Bertz CT molecular complexity index is 1130. The van der Waals surface area contributed by atoms with E-state index < -0.39 is 10.0 Å². The van der Waals surface area contributed by atoms with Crippen molar-refractivity contribution in [2.24, 2.45) is 0 Å². The highest BCUT2D eigenvalue weighted by Crippen LogP contribution is 2.25. The van der Waals surface area contributed by atoms with Gasteiger partial charge in [-0.2, -0.15) is 5.10 Å². The Labute approximate surface area is 176 Å². The maximum absolute atomic E-state index is 12.6. The lowest BCUT2D eigenvalue weighted by atomic mass is 10.2. The van der Waals surface area contributed by atoms with Gasteiger partial charge in [0.25, 0.3) is 5.91 Å². The number of hydrogen-bond donors (Lipinski definition) is 2. The van der Waals surface area contributed by atoms with Crippen LogP contribution in [0.1, 0.15) is 28.8 Å². The first-order valence-electron chi connectivity index (χ1n) is 8.97. The van der Waals surface area contributed by atoms with Crippen molar-refractivity contribution in [2.75, 3.05) is 0 Å². The van der Waals surface area contributed by atoms with Gasteiger partial charge >= 0.3 is 0 Å². The second kappa shape index (κ2) is 8.05. The van der Waals surface area contributed by atoms with Crippen LogP contribution in [0.5, 0.6) is 0 Å². The first-order valence-corrected chi connectivity index (χ1v) is 11.2. The van der Waals surface area contributed by atoms with Gasteiger partial charge in [0, 0.05) is 35.6 Å². The largest absolute Gasteiger partial charge is 0.348 e. The minimum Gasteiger partial charge on any atom is -0.348 e. The van der Waals surface area contributed by atoms with Gasteiger partial charge in [0.2, 0.25) is 10.0 Å². The topological polar surface area (TPSA) is 106 Å². The Kier molecular flexibility index (Phi) is 5.48. The number of amides is 1. The van der Waals surface area contributed by atoms with E-state index in [0.29, 0.717) is 10.3 Å². The number of hydrogen-bond acceptors (Lipinski definition) is 5. The molecule has 4 rings (SSSR count). The summed E-state index contributed by atoms with van der Waals surface area (Å²) >= 11 is 3.32. The molecule has 1 aliphatic rings. The van der Waals surface area contributed by atoms with E-state index in [9.17, 15) is 13.2 Å². The second-order valence-electron chi connectivity index (χ2n) is 6.70. The molecule has 1 aliphatic carbocycles. The molecule has 0 aliphatic heterocycles. The first-order chi connectivity index (χ1) is 13.9. The van der Waals surface area contributed by atoms with Gasteiger partial charge < -0.3 is 5.32 Å². The lowest BCUT2D eigenvalue weighted by Crippen LogP contribution is -2.27. The summed E-state index contributed by atoms with van der Waals surface area (Å²) in [6, 6.07) is 9.88. The number of sulfonamides is 1. The molecule has 0 atom stereocenters. The molecule has 2 N–H and O–H groups in total. The van der Waals surface area contributed by atoms with Gasteiger partial charge in [-0.3, -0.25) is 4.79 Å². The van der Waals surface area contributed by atoms with Crippen LogP contribution in [0.4, 0.5) is 0 Å². The third kappa shape index (κ3) is 4.72. The van der Waals surface area contributed by atoms with Crippen molar-refractivity contribution >= 4 is 31.9 Å². The molecule has 10 heteroatoms. The molecule has 0 bridgehead atoms. The summed E-state index contributed by atoms with van der Waals surface area (Å²) in [5.74, 6) is 0.297. The minimum atomic E-state index is -3.63. The van der Waals surface area contributed by atoms with Crippen LogP contribution < -0.4 is 10.0 Å². The number of rotatable bonds is 7. The highest BCUT2D eigenvalue weighted by Gasteiger charge is 2.28. The first kappa shape index (κ1) is 19.7. The Balaban J connectivity index is 1.44. The van der Waals surface area contributed by atoms with Gasteiger partial charge in [-0.25, -0.2) is 22.8 Å². The maximum Gasteiger partial charge on any atom is 0.252 e. The maximum atomic E-state index is 12.6. The quantitative estimate of drug-likeness (QED) is 0.545. The monoisotopic (exact) mass is 475 g/mol. The van der Waals surface area contributed by atoms with Crippen LogP contribution in [0.2, 0.25) is 0 Å². The lowest BCUT2D eigenvalue weighted by molar-refractivity contribution is 0.0950. The van der Waals surface area contributed by atoms with E-state index >= 15 is 0 Å². The van der Waals surface area contributed by atoms with Crippen molar-refractivity contribution < 1.29 is 13.2 Å². The highest BCUT2D eigenvalue weighted by atomic mass is 79.9. The molecule has 1 saturated carbocycles. The molecule has 0 radical (unpaired) electrons. The van der Waals surface area contributed by atoms with Gasteiger partial charge in [-0.1, -0.05) is 6.07 Å². The zero-order valence-corrected chi connectivity index (χ0v) is 17.6. The van der Waals surface area contributed by atoms with Crippen LogP contribution in [0.15, 0.2) is 64.4 Å². The molecule has 1 fully saturated rings. The minimum absolute atomic E-state index is 0.00173. The van der Waals surface area contributed by atoms with Crippen LogP contribution >= 0.6 is 15.9 Å². The van der Waals surface area contributed by atoms with Crippen molar-refractivity contribution in [2.45, 2.75) is 30.3 Å². The van der Waals surface area contributed by atoms with Crippen LogP contribution in [-0.4, -0.2) is 35.1 Å². The van der Waals surface area contributed by atoms with E-state index in [2.05, 4.69) is 36.1 Å². The molecule has 150 valence electrons. The van der Waals surface area contributed by atoms with Crippen molar-refractivity contribution in [3.05, 3.63) is 70.6 Å². The normalized spacial score (nSPS) is 14.0. The van der Waals surface area contributed by atoms with Gasteiger partial charge in [-0.05, 0) is 64.7 Å². The Morgan fingerprint density at radius 1 is 1.24 bits per heavy atom. The summed E-state index contributed by atoms with van der Waals surface area (Å²) in [6.07, 6.45) is 6.81. The fraction of sp³-hybridized carbons (Fsp3) is 0.211. The molecule has 8 nitrogen and oxygen atoms in total. The molecule has 0 unspecified atom stereocenters. The molecule has 29 heavy (non-hydrogen) atoms. The predicted molar refractivity (Wildman–Crippen MR) is 110 cm³/mol. The van der Waals surface area contributed by atoms with Crippen molar-refractivity contribution in [1.82, 2.24) is 24.8 Å². The smallest absolute Gasteiger partial charge is 0.252 e. The number of nitrogens with zero attached hydrogens (tertiary/aromatic N) is 3. The highest BCUT2D eigenvalue weighted by molar-refractivity contribution is 9.10. The molecule has 2 heterocycles. The van der Waals surface area contributed by atoms with E-state index in [1.54, 1.807) is 35.4 Å². The Morgan fingerprint density at radius 3 is 2.72 bits per heavy atom. The number of carbonyl (C=O) groups is 1. The summed E-state index contributed by atoms with van der Waals surface area (Å²) in [4.78, 5) is 17.0. The predicted octanol–water partition coefficient (Wildman–Crippen LogP) is 2.40. The van der Waals surface area contributed by atoms with Crippen LogP contribution in [-0.2, 0) is 16.6 Å². The van der Waals surface area contributed by atoms with E-state index in [-0.39, 0.29) is 29.0 Å². The Morgan fingerprint density at radius 2 is 2.07 bits per heavy atom. The molecule has 1 aromatic carbocycles. The molecule has 0 saturated heterocycles. The lowest BCUT2D eigenvalue weighted by Gasteiger charge is -2.10. The van der Waals surface area contributed by atoms with Crippen LogP contribution in [0.25, 0.3) is 5.82 Å². The average molecular weight is 476 g/mol. The molecule has 0 spiro atoms. The van der Waals surface area contributed by atoms with Gasteiger partial charge in [0.15, 0.2) is 5.82 Å². The zero-order valence-electron chi connectivity index (χ0n) is 15.2. The summed E-state index contributed by atoms with van der Waals surface area (Å²) < 4.78 is 29.6. The third-order valence-corrected chi connectivity index (χ3v) is 6.60. The summed E-state index contributed by atoms with van der Waals surface area (Å²) in [7, 11) is -3.63. The fourth-order valence-electron chi connectivity index (χ4n) is 2.67. The molecular formula is C19H18BrN5O3S. The number of benzene rings is 1. The van der Waals surface area contributed by atoms with Crippen molar-refractivity contribution in [3.63, 3.8) is 0 Å². The van der Waals surface area contributed by atoms with Gasteiger partial charge in [-0.15, -0.1) is 0 Å². The number of pyridine rings is 1. The van der Waals surface area contributed by atoms with Crippen molar-refractivity contribution in [3.8, 4) is 5.82 Å². The van der Waals surface area contributed by atoms with E-state index in [0.717, 1.165) is 18.4 Å². The number of aromatic nitrogens is 3.